The topological polar surface area (TPSA) is 12.5 Å². The first kappa shape index (κ1) is 15.4. The molecule has 0 saturated carbocycles. The third-order valence-corrected chi connectivity index (χ3v) is 4.33. The van der Waals surface area contributed by atoms with E-state index in [1.165, 1.54) is 37.1 Å². The maximum atomic E-state index is 6.02. The number of benzene rings is 2. The van der Waals surface area contributed by atoms with Crippen molar-refractivity contribution in [2.24, 2.45) is 0 Å². The number of rotatable bonds is 6. The summed E-state index contributed by atoms with van der Waals surface area (Å²) in [6, 6.07) is 16.4. The lowest BCUT2D eigenvalue weighted by molar-refractivity contribution is 0.238. The molecule has 0 amide bonds. The van der Waals surface area contributed by atoms with Crippen LogP contribution in [0.1, 0.15) is 24.0 Å². The van der Waals surface area contributed by atoms with E-state index in [-0.39, 0.29) is 0 Å². The molecule has 3 rings (SSSR count). The van der Waals surface area contributed by atoms with Gasteiger partial charge in [0.15, 0.2) is 0 Å². The number of ether oxygens (including phenoxy) is 1. The van der Waals surface area contributed by atoms with E-state index in [0.717, 1.165) is 30.3 Å². The number of nitrogens with zero attached hydrogens (tertiary/aromatic N) is 1. The van der Waals surface area contributed by atoms with Gasteiger partial charge in [0.25, 0.3) is 0 Å². The molecule has 1 aliphatic rings. The highest BCUT2D eigenvalue weighted by Gasteiger charge is 2.10. The molecule has 0 N–H and O–H groups in total. The van der Waals surface area contributed by atoms with E-state index in [1.807, 2.05) is 18.2 Å². The van der Waals surface area contributed by atoms with E-state index < -0.39 is 0 Å². The summed E-state index contributed by atoms with van der Waals surface area (Å²) in [5.41, 5.74) is 2.50. The number of hydrogen-bond acceptors (Lipinski definition) is 2. The Morgan fingerprint density at radius 1 is 0.955 bits per heavy atom. The number of hydrogen-bond donors (Lipinski definition) is 0. The van der Waals surface area contributed by atoms with Gasteiger partial charge in [-0.1, -0.05) is 35.9 Å². The first-order chi connectivity index (χ1) is 10.8. The average Bonchev–Trinajstić information content (AvgIpc) is 3.02. The summed E-state index contributed by atoms with van der Waals surface area (Å²) in [6.07, 6.45) is 3.56. The molecule has 2 aromatic rings. The quantitative estimate of drug-likeness (QED) is 0.783. The third kappa shape index (κ3) is 4.49. The first-order valence-electron chi connectivity index (χ1n) is 7.98. The van der Waals surface area contributed by atoms with Crippen molar-refractivity contribution >= 4 is 11.6 Å². The van der Waals surface area contributed by atoms with Crippen LogP contribution in [0.15, 0.2) is 48.5 Å². The molecular formula is C19H22ClNO. The Bertz CT molecular complexity index is 591. The lowest BCUT2D eigenvalue weighted by Crippen LogP contribution is -2.25. The van der Waals surface area contributed by atoms with Crippen molar-refractivity contribution in [1.29, 1.82) is 0 Å². The molecule has 1 aliphatic heterocycles. The highest BCUT2D eigenvalue weighted by molar-refractivity contribution is 6.30. The highest BCUT2D eigenvalue weighted by atomic mass is 35.5. The molecule has 0 unspecified atom stereocenters. The van der Waals surface area contributed by atoms with Crippen molar-refractivity contribution < 1.29 is 4.74 Å². The Hall–Kier alpha value is -1.51. The van der Waals surface area contributed by atoms with Crippen LogP contribution in [0, 0.1) is 0 Å². The van der Waals surface area contributed by atoms with Gasteiger partial charge in [0, 0.05) is 11.6 Å². The van der Waals surface area contributed by atoms with Gasteiger partial charge in [0.1, 0.15) is 12.4 Å². The van der Waals surface area contributed by atoms with Crippen molar-refractivity contribution in [2.75, 3.05) is 26.2 Å². The van der Waals surface area contributed by atoms with Crippen LogP contribution in [0.25, 0.3) is 0 Å². The second-order valence-electron chi connectivity index (χ2n) is 5.85. The largest absolute Gasteiger partial charge is 0.492 e. The summed E-state index contributed by atoms with van der Waals surface area (Å²) in [7, 11) is 0. The van der Waals surface area contributed by atoms with Crippen molar-refractivity contribution in [1.82, 2.24) is 4.90 Å². The van der Waals surface area contributed by atoms with Gasteiger partial charge in [0.05, 0.1) is 0 Å². The third-order valence-electron chi connectivity index (χ3n) is 4.10. The zero-order chi connectivity index (χ0) is 15.2. The smallest absolute Gasteiger partial charge is 0.119 e. The van der Waals surface area contributed by atoms with E-state index in [9.17, 15) is 0 Å². The van der Waals surface area contributed by atoms with Crippen LogP contribution in [0.4, 0.5) is 0 Å². The minimum atomic E-state index is 0.771. The highest BCUT2D eigenvalue weighted by Crippen LogP contribution is 2.18. The molecule has 1 heterocycles. The molecule has 0 atom stereocenters. The van der Waals surface area contributed by atoms with Crippen molar-refractivity contribution in [3.8, 4) is 5.75 Å². The summed E-state index contributed by atoms with van der Waals surface area (Å²) in [4.78, 5) is 2.47. The number of likely N-dealkylation sites (tertiary alicyclic amines) is 1. The van der Waals surface area contributed by atoms with Crippen molar-refractivity contribution in [2.45, 2.75) is 19.3 Å². The Morgan fingerprint density at radius 2 is 1.73 bits per heavy atom. The molecule has 1 fully saturated rings. The summed E-state index contributed by atoms with van der Waals surface area (Å²) in [5.74, 6) is 0.953. The molecule has 0 aliphatic carbocycles. The standard InChI is InChI=1S/C19H22ClNO/c20-18-5-3-4-17(15-18)14-16-6-8-19(9-7-16)22-13-12-21-10-1-2-11-21/h3-9,15H,1-2,10-14H2. The SMILES string of the molecule is Clc1cccc(Cc2ccc(OCCN3CCCC3)cc2)c1. The predicted molar refractivity (Wildman–Crippen MR) is 91.9 cm³/mol. The van der Waals surface area contributed by atoms with E-state index in [1.54, 1.807) is 0 Å². The Kier molecular flexibility index (Phi) is 5.36. The first-order valence-corrected chi connectivity index (χ1v) is 8.36. The molecule has 0 radical (unpaired) electrons. The molecule has 22 heavy (non-hydrogen) atoms. The van der Waals surface area contributed by atoms with Gasteiger partial charge in [-0.2, -0.15) is 0 Å². The van der Waals surface area contributed by atoms with Gasteiger partial charge in [-0.15, -0.1) is 0 Å². The number of halogens is 1. The summed E-state index contributed by atoms with van der Waals surface area (Å²) in [5, 5.41) is 0.791. The van der Waals surface area contributed by atoms with Crippen LogP contribution < -0.4 is 4.74 Å². The predicted octanol–water partition coefficient (Wildman–Crippen LogP) is 4.41. The van der Waals surface area contributed by atoms with E-state index in [0.29, 0.717) is 0 Å². The fourth-order valence-electron chi connectivity index (χ4n) is 2.88. The minimum absolute atomic E-state index is 0.771. The lowest BCUT2D eigenvalue weighted by atomic mass is 10.1. The van der Waals surface area contributed by atoms with Gasteiger partial charge in [-0.25, -0.2) is 0 Å². The van der Waals surface area contributed by atoms with Crippen LogP contribution in [-0.4, -0.2) is 31.1 Å². The Morgan fingerprint density at radius 3 is 2.45 bits per heavy atom. The van der Waals surface area contributed by atoms with Gasteiger partial charge in [-0.05, 0) is 67.7 Å². The van der Waals surface area contributed by atoms with Gasteiger partial charge >= 0.3 is 0 Å². The Balaban J connectivity index is 1.49. The second-order valence-corrected chi connectivity index (χ2v) is 6.28. The van der Waals surface area contributed by atoms with Gasteiger partial charge in [-0.3, -0.25) is 4.90 Å². The summed E-state index contributed by atoms with van der Waals surface area (Å²) < 4.78 is 5.83. The molecule has 0 spiro atoms. The summed E-state index contributed by atoms with van der Waals surface area (Å²) in [6.45, 7) is 4.25. The van der Waals surface area contributed by atoms with Crippen LogP contribution in [0.2, 0.25) is 5.02 Å². The van der Waals surface area contributed by atoms with Gasteiger partial charge < -0.3 is 4.74 Å². The van der Waals surface area contributed by atoms with Gasteiger partial charge in [0.2, 0.25) is 0 Å². The monoisotopic (exact) mass is 315 g/mol. The molecule has 1 saturated heterocycles. The minimum Gasteiger partial charge on any atom is -0.492 e. The maximum Gasteiger partial charge on any atom is 0.119 e. The van der Waals surface area contributed by atoms with Crippen LogP contribution >= 0.6 is 11.6 Å². The maximum absolute atomic E-state index is 6.02. The zero-order valence-electron chi connectivity index (χ0n) is 12.8. The van der Waals surface area contributed by atoms with Crippen molar-refractivity contribution in [3.05, 3.63) is 64.7 Å². The van der Waals surface area contributed by atoms with Crippen LogP contribution in [0.5, 0.6) is 5.75 Å². The summed E-state index contributed by atoms with van der Waals surface area (Å²) >= 11 is 6.02. The second kappa shape index (κ2) is 7.66. The fourth-order valence-corrected chi connectivity index (χ4v) is 3.10. The molecule has 2 nitrogen and oxygen atoms in total. The van der Waals surface area contributed by atoms with E-state index >= 15 is 0 Å². The van der Waals surface area contributed by atoms with Crippen LogP contribution in [0.3, 0.4) is 0 Å². The Labute approximate surface area is 137 Å². The fraction of sp³-hybridized carbons (Fsp3) is 0.368. The molecule has 3 heteroatoms. The van der Waals surface area contributed by atoms with E-state index in [2.05, 4.69) is 35.2 Å². The normalized spacial score (nSPS) is 15.1. The van der Waals surface area contributed by atoms with Crippen molar-refractivity contribution in [3.63, 3.8) is 0 Å². The van der Waals surface area contributed by atoms with Crippen LogP contribution in [-0.2, 0) is 6.42 Å². The zero-order valence-corrected chi connectivity index (χ0v) is 13.6. The molecular weight excluding hydrogens is 294 g/mol. The average molecular weight is 316 g/mol. The van der Waals surface area contributed by atoms with E-state index in [4.69, 9.17) is 16.3 Å². The molecule has 116 valence electrons. The lowest BCUT2D eigenvalue weighted by Gasteiger charge is -2.15. The molecule has 0 aromatic heterocycles. The molecule has 2 aromatic carbocycles. The molecule has 0 bridgehead atoms.